The average molecular weight is 389 g/mol. The molecular weight excluding hydrogens is 362 g/mol. The van der Waals surface area contributed by atoms with Gasteiger partial charge in [0.2, 0.25) is 0 Å². The fourth-order valence-electron chi connectivity index (χ4n) is 4.70. The van der Waals surface area contributed by atoms with E-state index in [4.69, 9.17) is 14.2 Å². The Hall–Kier alpha value is -1.96. The fraction of sp³-hybridized carbons (Fsp3) is 0.619. The van der Waals surface area contributed by atoms with Gasteiger partial charge in [-0.2, -0.15) is 0 Å². The summed E-state index contributed by atoms with van der Waals surface area (Å²) in [5, 5.41) is 12.8. The SMILES string of the molecule is O=C(O)C1C2CCNCC21COC1(C(=O)OCc2ccccc2)CCCCO1. The lowest BCUT2D eigenvalue weighted by molar-refractivity contribution is -0.267. The van der Waals surface area contributed by atoms with Crippen LogP contribution in [-0.2, 0) is 30.4 Å². The number of rotatable bonds is 7. The lowest BCUT2D eigenvalue weighted by atomic mass is 9.98. The zero-order valence-corrected chi connectivity index (χ0v) is 15.9. The molecule has 4 unspecified atom stereocenters. The number of esters is 1. The summed E-state index contributed by atoms with van der Waals surface area (Å²) in [6.45, 7) is 2.17. The Morgan fingerprint density at radius 1 is 1.25 bits per heavy atom. The monoisotopic (exact) mass is 389 g/mol. The van der Waals surface area contributed by atoms with Gasteiger partial charge >= 0.3 is 11.9 Å². The zero-order chi connectivity index (χ0) is 19.6. The highest BCUT2D eigenvalue weighted by molar-refractivity contribution is 5.78. The number of benzene rings is 1. The maximum Gasteiger partial charge on any atom is 0.367 e. The molecule has 0 bridgehead atoms. The molecule has 4 rings (SSSR count). The van der Waals surface area contributed by atoms with E-state index in [9.17, 15) is 14.7 Å². The first kappa shape index (κ1) is 19.4. The molecule has 3 fully saturated rings. The Balaban J connectivity index is 1.44. The summed E-state index contributed by atoms with van der Waals surface area (Å²) in [6.07, 6.45) is 2.90. The van der Waals surface area contributed by atoms with Crippen LogP contribution in [-0.4, -0.2) is 49.1 Å². The minimum absolute atomic E-state index is 0.0900. The molecular formula is C21H27NO6. The number of nitrogens with one attached hydrogen (secondary N) is 1. The van der Waals surface area contributed by atoms with Gasteiger partial charge < -0.3 is 24.6 Å². The van der Waals surface area contributed by atoms with Gasteiger partial charge in [0.05, 0.1) is 19.1 Å². The van der Waals surface area contributed by atoms with Crippen LogP contribution in [0.5, 0.6) is 0 Å². The van der Waals surface area contributed by atoms with Crippen molar-refractivity contribution in [2.24, 2.45) is 17.3 Å². The molecule has 1 aromatic rings. The summed E-state index contributed by atoms with van der Waals surface area (Å²) in [4.78, 5) is 24.5. The standard InChI is InChI=1S/C21H27NO6/c23-18(24)17-16-8-10-22-13-20(16,17)14-28-21(9-4-5-11-27-21)19(25)26-12-15-6-2-1-3-7-15/h1-3,6-7,16-17,22H,4-5,8-14H2,(H,23,24). The van der Waals surface area contributed by atoms with Crippen LogP contribution in [0.3, 0.4) is 0 Å². The number of hydrogen-bond donors (Lipinski definition) is 2. The Labute approximate surface area is 164 Å². The molecule has 0 radical (unpaired) electrons. The van der Waals surface area contributed by atoms with Gasteiger partial charge in [0.1, 0.15) is 6.61 Å². The smallest absolute Gasteiger partial charge is 0.367 e. The van der Waals surface area contributed by atoms with Gasteiger partial charge in [-0.15, -0.1) is 0 Å². The van der Waals surface area contributed by atoms with E-state index in [1.165, 1.54) is 0 Å². The third-order valence-corrected chi connectivity index (χ3v) is 6.34. The molecule has 7 heteroatoms. The molecule has 2 saturated heterocycles. The first-order valence-electron chi connectivity index (χ1n) is 10.00. The number of carbonyl (C=O) groups excluding carboxylic acids is 1. The van der Waals surface area contributed by atoms with Crippen molar-refractivity contribution in [1.29, 1.82) is 0 Å². The number of ether oxygens (including phenoxy) is 3. The van der Waals surface area contributed by atoms with Crippen LogP contribution in [0.2, 0.25) is 0 Å². The molecule has 2 aliphatic heterocycles. The van der Waals surface area contributed by atoms with Gasteiger partial charge in [0.25, 0.3) is 5.79 Å². The number of fused-ring (bicyclic) bond motifs is 1. The van der Waals surface area contributed by atoms with Crippen LogP contribution < -0.4 is 5.32 Å². The van der Waals surface area contributed by atoms with Crippen LogP contribution in [0, 0.1) is 17.3 Å². The van der Waals surface area contributed by atoms with E-state index >= 15 is 0 Å². The molecule has 152 valence electrons. The van der Waals surface area contributed by atoms with Crippen molar-refractivity contribution in [3.63, 3.8) is 0 Å². The predicted molar refractivity (Wildman–Crippen MR) is 99.3 cm³/mol. The highest BCUT2D eigenvalue weighted by Crippen LogP contribution is 2.62. The maximum atomic E-state index is 12.9. The van der Waals surface area contributed by atoms with Crippen molar-refractivity contribution >= 4 is 11.9 Å². The van der Waals surface area contributed by atoms with Gasteiger partial charge in [-0.05, 0) is 37.3 Å². The lowest BCUT2D eigenvalue weighted by Crippen LogP contribution is -2.50. The van der Waals surface area contributed by atoms with Crippen molar-refractivity contribution in [1.82, 2.24) is 5.32 Å². The van der Waals surface area contributed by atoms with Crippen LogP contribution in [0.1, 0.15) is 31.2 Å². The second-order valence-electron chi connectivity index (χ2n) is 8.03. The molecule has 2 heterocycles. The largest absolute Gasteiger partial charge is 0.481 e. The van der Waals surface area contributed by atoms with Gasteiger partial charge in [-0.3, -0.25) is 4.79 Å². The van der Waals surface area contributed by atoms with Crippen molar-refractivity contribution in [3.8, 4) is 0 Å². The summed E-state index contributed by atoms with van der Waals surface area (Å²) in [5.41, 5.74) is 0.433. The molecule has 1 saturated carbocycles. The maximum absolute atomic E-state index is 12.9. The van der Waals surface area contributed by atoms with Crippen LogP contribution in [0.15, 0.2) is 30.3 Å². The molecule has 1 aromatic carbocycles. The van der Waals surface area contributed by atoms with E-state index in [2.05, 4.69) is 5.32 Å². The Bertz CT molecular complexity index is 717. The highest BCUT2D eigenvalue weighted by Gasteiger charge is 2.69. The zero-order valence-electron chi connectivity index (χ0n) is 15.9. The van der Waals surface area contributed by atoms with E-state index in [0.717, 1.165) is 31.4 Å². The third-order valence-electron chi connectivity index (χ3n) is 6.34. The van der Waals surface area contributed by atoms with Crippen molar-refractivity contribution < 1.29 is 28.9 Å². The molecule has 3 aliphatic rings. The van der Waals surface area contributed by atoms with E-state index in [-0.39, 0.29) is 19.1 Å². The Kier molecular flexibility index (Phi) is 5.40. The number of piperidine rings is 1. The van der Waals surface area contributed by atoms with Crippen molar-refractivity contribution in [3.05, 3.63) is 35.9 Å². The van der Waals surface area contributed by atoms with E-state index in [1.807, 2.05) is 30.3 Å². The van der Waals surface area contributed by atoms with Gasteiger partial charge in [-0.25, -0.2) is 4.79 Å². The number of carbonyl (C=O) groups is 2. The summed E-state index contributed by atoms with van der Waals surface area (Å²) >= 11 is 0. The lowest BCUT2D eigenvalue weighted by Gasteiger charge is -2.36. The molecule has 7 nitrogen and oxygen atoms in total. The molecule has 28 heavy (non-hydrogen) atoms. The second kappa shape index (κ2) is 7.81. The van der Waals surface area contributed by atoms with E-state index in [0.29, 0.717) is 19.6 Å². The number of aliphatic carboxylic acids is 1. The summed E-state index contributed by atoms with van der Waals surface area (Å²) in [5.74, 6) is -3.09. The summed E-state index contributed by atoms with van der Waals surface area (Å²) in [6, 6.07) is 9.47. The summed E-state index contributed by atoms with van der Waals surface area (Å²) < 4.78 is 17.4. The van der Waals surface area contributed by atoms with Gasteiger partial charge in [0.15, 0.2) is 0 Å². The van der Waals surface area contributed by atoms with E-state index < -0.39 is 29.1 Å². The van der Waals surface area contributed by atoms with Crippen molar-refractivity contribution in [2.75, 3.05) is 26.3 Å². The highest BCUT2D eigenvalue weighted by atomic mass is 16.7. The van der Waals surface area contributed by atoms with Gasteiger partial charge in [-0.1, -0.05) is 30.3 Å². The second-order valence-corrected chi connectivity index (χ2v) is 8.03. The minimum atomic E-state index is -1.44. The van der Waals surface area contributed by atoms with Gasteiger partial charge in [0, 0.05) is 18.4 Å². The first-order valence-corrected chi connectivity index (χ1v) is 10.00. The minimum Gasteiger partial charge on any atom is -0.481 e. The molecule has 0 amide bonds. The predicted octanol–water partition coefficient (Wildman–Crippen LogP) is 1.95. The molecule has 2 N–H and O–H groups in total. The number of hydrogen-bond acceptors (Lipinski definition) is 6. The Morgan fingerprint density at radius 3 is 2.79 bits per heavy atom. The average Bonchev–Trinajstić information content (AvgIpc) is 3.41. The third kappa shape index (κ3) is 3.54. The first-order chi connectivity index (χ1) is 13.6. The van der Waals surface area contributed by atoms with E-state index in [1.54, 1.807) is 0 Å². The fourth-order valence-corrected chi connectivity index (χ4v) is 4.70. The quantitative estimate of drug-likeness (QED) is 0.689. The molecule has 1 aliphatic carbocycles. The van der Waals surface area contributed by atoms with Crippen molar-refractivity contribution in [2.45, 2.75) is 38.1 Å². The molecule has 0 spiro atoms. The van der Waals surface area contributed by atoms with Crippen LogP contribution in [0.4, 0.5) is 0 Å². The summed E-state index contributed by atoms with van der Waals surface area (Å²) in [7, 11) is 0. The Morgan fingerprint density at radius 2 is 2.07 bits per heavy atom. The normalized spacial score (nSPS) is 34.3. The number of carboxylic acid groups (broad SMARTS) is 1. The van der Waals surface area contributed by atoms with Crippen LogP contribution in [0.25, 0.3) is 0 Å². The molecule has 4 atom stereocenters. The topological polar surface area (TPSA) is 94.1 Å². The van der Waals surface area contributed by atoms with Crippen LogP contribution >= 0.6 is 0 Å². The number of carboxylic acids is 1. The molecule has 0 aromatic heterocycles.